The van der Waals surface area contributed by atoms with E-state index in [1.165, 1.54) is 57.9 Å². The van der Waals surface area contributed by atoms with Crippen LogP contribution < -0.4 is 0 Å². The molecule has 0 amide bonds. The van der Waals surface area contributed by atoms with E-state index in [0.717, 1.165) is 0 Å². The number of hydrogen-bond donors (Lipinski definition) is 0. The monoisotopic (exact) mass is 436 g/mol. The summed E-state index contributed by atoms with van der Waals surface area (Å²) in [6.07, 6.45) is 6.71. The van der Waals surface area contributed by atoms with Gasteiger partial charge in [0.05, 0.1) is 0 Å². The van der Waals surface area contributed by atoms with Crippen molar-refractivity contribution in [1.82, 2.24) is 0 Å². The van der Waals surface area contributed by atoms with E-state index < -0.39 is 0 Å². The van der Waals surface area contributed by atoms with Gasteiger partial charge in [0, 0.05) is 8.99 Å². The minimum absolute atomic E-state index is 0.273. The third-order valence-electron chi connectivity index (χ3n) is 6.15. The van der Waals surface area contributed by atoms with Gasteiger partial charge in [-0.1, -0.05) is 67.8 Å². The molecule has 1 spiro atoms. The maximum Gasteiger partial charge on any atom is 0.0215 e. The Bertz CT molecular complexity index is 931. The molecule has 25 heavy (non-hydrogen) atoms. The Morgan fingerprint density at radius 3 is 2.12 bits per heavy atom. The van der Waals surface area contributed by atoms with Gasteiger partial charge < -0.3 is 0 Å². The van der Waals surface area contributed by atoms with Crippen LogP contribution in [-0.2, 0) is 5.41 Å². The fourth-order valence-electron chi connectivity index (χ4n) is 4.98. The molecular weight excluding hydrogens is 415 g/mol. The average molecular weight is 436 g/mol. The lowest BCUT2D eigenvalue weighted by Gasteiger charge is -2.36. The zero-order valence-electron chi connectivity index (χ0n) is 14.3. The quantitative estimate of drug-likeness (QED) is 0.354. The molecule has 1 saturated carbocycles. The fourth-order valence-corrected chi connectivity index (χ4v) is 5.34. The summed E-state index contributed by atoms with van der Waals surface area (Å²) in [5.74, 6) is 0. The topological polar surface area (TPSA) is 0 Å². The second-order valence-corrected chi connectivity index (χ2v) is 8.70. The molecule has 0 aromatic heterocycles. The Labute approximate surface area is 163 Å². The van der Waals surface area contributed by atoms with Crippen molar-refractivity contribution in [3.8, 4) is 22.3 Å². The van der Waals surface area contributed by atoms with Gasteiger partial charge in [0.1, 0.15) is 0 Å². The fraction of sp³-hybridized carbons (Fsp3) is 0.250. The molecule has 0 unspecified atom stereocenters. The smallest absolute Gasteiger partial charge is 0.0215 e. The van der Waals surface area contributed by atoms with Crippen LogP contribution in [0.2, 0.25) is 0 Å². The van der Waals surface area contributed by atoms with Crippen LogP contribution in [0.25, 0.3) is 22.3 Å². The Hall–Kier alpha value is -1.61. The second kappa shape index (κ2) is 5.98. The molecule has 0 aliphatic heterocycles. The molecule has 3 aromatic rings. The Morgan fingerprint density at radius 1 is 0.640 bits per heavy atom. The van der Waals surface area contributed by atoms with Crippen LogP contribution in [0.15, 0.2) is 66.7 Å². The van der Waals surface area contributed by atoms with Gasteiger partial charge in [0.25, 0.3) is 0 Å². The molecule has 3 aromatic carbocycles. The maximum absolute atomic E-state index is 2.43. The molecule has 0 atom stereocenters. The molecule has 124 valence electrons. The van der Waals surface area contributed by atoms with E-state index in [1.54, 1.807) is 11.1 Å². The summed E-state index contributed by atoms with van der Waals surface area (Å²) >= 11 is 2.37. The van der Waals surface area contributed by atoms with Gasteiger partial charge in [0.2, 0.25) is 0 Å². The highest BCUT2D eigenvalue weighted by Gasteiger charge is 2.43. The lowest BCUT2D eigenvalue weighted by Crippen LogP contribution is -2.27. The van der Waals surface area contributed by atoms with Gasteiger partial charge in [-0.05, 0) is 87.0 Å². The van der Waals surface area contributed by atoms with Crippen molar-refractivity contribution in [2.75, 3.05) is 0 Å². The Morgan fingerprint density at radius 2 is 1.32 bits per heavy atom. The molecule has 1 fully saturated rings. The summed E-state index contributed by atoms with van der Waals surface area (Å²) in [4.78, 5) is 0. The Kier molecular flexibility index (Phi) is 3.74. The van der Waals surface area contributed by atoms with Gasteiger partial charge in [0.15, 0.2) is 0 Å². The zero-order chi connectivity index (χ0) is 16.9. The van der Waals surface area contributed by atoms with E-state index in [2.05, 4.69) is 89.3 Å². The highest BCUT2D eigenvalue weighted by Crippen LogP contribution is 2.56. The number of halogens is 1. The van der Waals surface area contributed by atoms with Crippen molar-refractivity contribution in [3.63, 3.8) is 0 Å². The van der Waals surface area contributed by atoms with E-state index in [1.807, 2.05) is 0 Å². The molecule has 5 rings (SSSR count). The van der Waals surface area contributed by atoms with Crippen molar-refractivity contribution >= 4 is 22.6 Å². The van der Waals surface area contributed by atoms with Crippen molar-refractivity contribution < 1.29 is 0 Å². The van der Waals surface area contributed by atoms with Crippen LogP contribution in [0.3, 0.4) is 0 Å². The molecule has 0 N–H and O–H groups in total. The molecule has 2 aliphatic rings. The molecule has 0 saturated heterocycles. The third kappa shape index (κ3) is 2.39. The molecule has 2 aliphatic carbocycles. The van der Waals surface area contributed by atoms with Crippen molar-refractivity contribution in [2.24, 2.45) is 0 Å². The van der Waals surface area contributed by atoms with E-state index in [-0.39, 0.29) is 5.41 Å². The average Bonchev–Trinajstić information content (AvgIpc) is 2.93. The van der Waals surface area contributed by atoms with Crippen LogP contribution in [0.4, 0.5) is 0 Å². The molecule has 1 heteroatoms. The summed E-state index contributed by atoms with van der Waals surface area (Å²) in [5.41, 5.74) is 8.99. The van der Waals surface area contributed by atoms with E-state index in [0.29, 0.717) is 0 Å². The van der Waals surface area contributed by atoms with Gasteiger partial charge in [-0.15, -0.1) is 0 Å². The molecule has 0 nitrogen and oxygen atoms in total. The van der Waals surface area contributed by atoms with Gasteiger partial charge in [-0.2, -0.15) is 0 Å². The predicted octanol–water partition coefficient (Wildman–Crippen LogP) is 7.19. The summed E-state index contributed by atoms with van der Waals surface area (Å²) < 4.78 is 1.29. The summed E-state index contributed by atoms with van der Waals surface area (Å²) in [7, 11) is 0. The third-order valence-corrected chi connectivity index (χ3v) is 6.87. The van der Waals surface area contributed by atoms with Gasteiger partial charge >= 0.3 is 0 Å². The number of fused-ring (bicyclic) bond motifs is 5. The van der Waals surface area contributed by atoms with Crippen molar-refractivity contribution in [2.45, 2.75) is 37.5 Å². The first-order chi connectivity index (χ1) is 12.3. The van der Waals surface area contributed by atoms with Crippen molar-refractivity contribution in [1.29, 1.82) is 0 Å². The lowest BCUT2D eigenvalue weighted by molar-refractivity contribution is 0.353. The minimum atomic E-state index is 0.273. The standard InChI is InChI=1S/C24H21I/c25-19-11-8-17(9-12-19)18-10-13-23-21(16-18)20-6-2-3-7-22(20)24(23)14-4-1-5-15-24/h2-3,6-13,16H,1,4-5,14-15H2. The summed E-state index contributed by atoms with van der Waals surface area (Å²) in [6, 6.07) is 25.2. The van der Waals surface area contributed by atoms with E-state index >= 15 is 0 Å². The number of benzene rings is 3. The first-order valence-corrected chi connectivity index (χ1v) is 10.4. The summed E-state index contributed by atoms with van der Waals surface area (Å²) in [5, 5.41) is 0. The highest BCUT2D eigenvalue weighted by atomic mass is 127. The van der Waals surface area contributed by atoms with Crippen LogP contribution >= 0.6 is 22.6 Å². The van der Waals surface area contributed by atoms with Crippen LogP contribution in [0, 0.1) is 3.57 Å². The largest absolute Gasteiger partial charge is 0.0619 e. The Balaban J connectivity index is 1.70. The van der Waals surface area contributed by atoms with E-state index in [4.69, 9.17) is 0 Å². The molecule has 0 heterocycles. The SMILES string of the molecule is Ic1ccc(-c2ccc3c(c2)-c2ccccc2C32CCCCC2)cc1. The van der Waals surface area contributed by atoms with Crippen molar-refractivity contribution in [3.05, 3.63) is 81.4 Å². The number of rotatable bonds is 1. The van der Waals surface area contributed by atoms with E-state index in [9.17, 15) is 0 Å². The highest BCUT2D eigenvalue weighted by molar-refractivity contribution is 14.1. The normalized spacial score (nSPS) is 17.3. The summed E-state index contributed by atoms with van der Waals surface area (Å²) in [6.45, 7) is 0. The second-order valence-electron chi connectivity index (χ2n) is 7.46. The molecular formula is C24H21I. The lowest BCUT2D eigenvalue weighted by atomic mass is 9.68. The van der Waals surface area contributed by atoms with Crippen LogP contribution in [0.1, 0.15) is 43.2 Å². The first-order valence-electron chi connectivity index (χ1n) is 9.28. The predicted molar refractivity (Wildman–Crippen MR) is 114 cm³/mol. The van der Waals surface area contributed by atoms with Crippen LogP contribution in [-0.4, -0.2) is 0 Å². The molecule has 0 bridgehead atoms. The number of hydrogen-bond acceptors (Lipinski definition) is 0. The molecule has 0 radical (unpaired) electrons. The van der Waals surface area contributed by atoms with Gasteiger partial charge in [-0.3, -0.25) is 0 Å². The first kappa shape index (κ1) is 15.6. The van der Waals surface area contributed by atoms with Gasteiger partial charge in [-0.25, -0.2) is 0 Å². The zero-order valence-corrected chi connectivity index (χ0v) is 16.4. The minimum Gasteiger partial charge on any atom is -0.0619 e. The van der Waals surface area contributed by atoms with Crippen LogP contribution in [0.5, 0.6) is 0 Å². The maximum atomic E-state index is 2.43.